The van der Waals surface area contributed by atoms with Crippen molar-refractivity contribution in [3.05, 3.63) is 95.1 Å². The smallest absolute Gasteiger partial charge is 1.00 e. The standard InChI is InChI=1S/C11H12N2O2.C9H11NO3.C8H10N2O2.C8H9NO3.C3H3Br.CH2O3.CH4.2K.Li.H2O.H/c1-3-6-13-9-5-4-8(11(12)14)7-10(9)15-2;1-12-8-5-6(9(11)13-2)3-4-7(8)10;2*1-12-7-4-5(8(10)11)2-3-6(7)9;1-2-3-4;2-1-4-3;;;;;;/h1,4-5,7,13H,6H2,2H3,(H2,12,14);3-5H,10H2,1-2H3;2-4H,9H2,1H3,(H2,10,11);2-4H,9H2,1H3,(H,10,11);1H,3H2;1,3H;1H4;;;;1H2;/q;;;;;;;3*+1;;-1/p-2. The zero-order valence-electron chi connectivity index (χ0n) is 37.6. The predicted octanol–water partition coefficient (Wildman–Crippen LogP) is -5.71. The molecule has 2 amide bonds. The molecule has 0 fully saturated rings. The zero-order chi connectivity index (χ0) is 46.2. The Morgan fingerprint density at radius 1 is 0.708 bits per heavy atom. The number of carbonyl (C=O) groups excluding carboxylic acids is 4. The second kappa shape index (κ2) is 45.2. The number of hydrogen-bond acceptors (Lipinski definition) is 17. The van der Waals surface area contributed by atoms with Crippen molar-refractivity contribution in [3.63, 3.8) is 0 Å². The Morgan fingerprint density at radius 3 is 1.34 bits per heavy atom. The topological polar surface area (TPSA) is 356 Å². The average molecular weight is 1020 g/mol. The number of ether oxygens (including phenoxy) is 5. The van der Waals surface area contributed by atoms with Crippen LogP contribution in [0.3, 0.4) is 0 Å². The third-order valence-corrected chi connectivity index (χ3v) is 6.96. The Kier molecular flexibility index (Phi) is 52.4. The number of esters is 1. The number of terminal acetylenes is 2. The van der Waals surface area contributed by atoms with Crippen LogP contribution in [0, 0.1) is 24.7 Å². The van der Waals surface area contributed by atoms with Gasteiger partial charge in [0.25, 0.3) is 6.47 Å². The molecule has 0 spiro atoms. The fourth-order valence-corrected chi connectivity index (χ4v) is 3.80. The molecule has 0 radical (unpaired) electrons. The monoisotopic (exact) mass is 1020 g/mol. The van der Waals surface area contributed by atoms with E-state index in [0.717, 1.165) is 5.69 Å². The number of anilines is 4. The van der Waals surface area contributed by atoms with Crippen LogP contribution in [0.25, 0.3) is 0 Å². The number of amides is 2. The van der Waals surface area contributed by atoms with Gasteiger partial charge < -0.3 is 79.8 Å². The molecule has 4 aromatic rings. The van der Waals surface area contributed by atoms with Gasteiger partial charge in [-0.15, -0.1) is 12.8 Å². The second-order valence-corrected chi connectivity index (χ2v) is 11.0. The van der Waals surface area contributed by atoms with Crippen molar-refractivity contribution < 1.29 is 191 Å². The van der Waals surface area contributed by atoms with Crippen LogP contribution in [-0.4, -0.2) is 88.2 Å². The Labute approximate surface area is 485 Å². The first-order chi connectivity index (χ1) is 28.5. The summed E-state index contributed by atoms with van der Waals surface area (Å²) in [5.41, 5.74) is 30.3. The summed E-state index contributed by atoms with van der Waals surface area (Å²) in [6.07, 6.45) is 9.85. The second-order valence-electron chi connectivity index (χ2n) is 10.4. The van der Waals surface area contributed by atoms with Crippen molar-refractivity contribution in [1.82, 2.24) is 0 Å². The molecule has 4 aromatic carbocycles. The van der Waals surface area contributed by atoms with Gasteiger partial charge in [-0.1, -0.05) is 35.2 Å². The third-order valence-electron chi connectivity index (χ3n) is 6.64. The summed E-state index contributed by atoms with van der Waals surface area (Å²) in [6.45, 7) is 0.215. The molecule has 13 N–H and O–H groups in total. The predicted molar refractivity (Wildman–Crippen MR) is 237 cm³/mol. The number of primary amides is 2. The van der Waals surface area contributed by atoms with E-state index in [0.29, 0.717) is 68.6 Å². The maximum Gasteiger partial charge on any atom is 1.00 e. The van der Waals surface area contributed by atoms with Gasteiger partial charge >= 0.3 is 134 Å². The van der Waals surface area contributed by atoms with Crippen LogP contribution in [0.5, 0.6) is 23.0 Å². The number of aromatic carboxylic acids is 1. The summed E-state index contributed by atoms with van der Waals surface area (Å²) in [7, 11) is 7.26. The molecule has 0 atom stereocenters. The molecular formula is C41H52BrK2LiN6O14. The Balaban J connectivity index is -0.000000104. The molecule has 0 saturated carbocycles. The maximum absolute atomic E-state index is 11.1. The number of nitrogens with two attached hydrogens (primary N) is 5. The van der Waals surface area contributed by atoms with Crippen LogP contribution in [0.2, 0.25) is 0 Å². The molecule has 0 aliphatic carbocycles. The van der Waals surface area contributed by atoms with Crippen molar-refractivity contribution in [3.8, 4) is 47.7 Å². The van der Waals surface area contributed by atoms with E-state index in [1.54, 1.807) is 48.5 Å². The normalized spacial score (nSPS) is 8.08. The maximum atomic E-state index is 11.1. The van der Waals surface area contributed by atoms with E-state index >= 15 is 0 Å². The molecule has 0 saturated heterocycles. The van der Waals surface area contributed by atoms with E-state index in [1.807, 2.05) is 0 Å². The minimum Gasteiger partial charge on any atom is -1.00 e. The number of halogens is 1. The molecule has 340 valence electrons. The Bertz CT molecular complexity index is 2050. The molecule has 4 rings (SSSR count). The van der Waals surface area contributed by atoms with Crippen LogP contribution in [-0.2, 0) is 14.4 Å². The molecule has 20 nitrogen and oxygen atoms in total. The van der Waals surface area contributed by atoms with Crippen LogP contribution < -0.4 is 180 Å². The number of alkyl halides is 1. The number of carbonyl (C=O) groups is 5. The van der Waals surface area contributed by atoms with Gasteiger partial charge in [0.2, 0.25) is 11.8 Å². The Hall–Kier alpha value is -3.98. The van der Waals surface area contributed by atoms with Crippen molar-refractivity contribution >= 4 is 68.9 Å². The van der Waals surface area contributed by atoms with Crippen molar-refractivity contribution in [2.24, 2.45) is 11.5 Å². The molecule has 0 heterocycles. The number of benzene rings is 4. The van der Waals surface area contributed by atoms with Crippen molar-refractivity contribution in [1.29, 1.82) is 0 Å². The summed E-state index contributed by atoms with van der Waals surface area (Å²) < 4.78 is 24.3. The number of nitrogens with one attached hydrogen (secondary N) is 1. The zero-order valence-corrected chi connectivity index (χ0v) is 44.5. The number of nitrogen functional groups attached to an aromatic ring is 3. The molecular weight excluding hydrogens is 966 g/mol. The molecule has 0 aliphatic rings. The van der Waals surface area contributed by atoms with Crippen LogP contribution in [0.4, 0.5) is 22.7 Å². The number of hydrogen-bond donors (Lipinski definition) is 7. The summed E-state index contributed by atoms with van der Waals surface area (Å²) in [4.78, 5) is 54.4. The molecule has 0 bridgehead atoms. The number of rotatable bonds is 11. The largest absolute Gasteiger partial charge is 1.00 e. The van der Waals surface area contributed by atoms with Gasteiger partial charge in [-0.3, -0.25) is 14.4 Å². The number of carboxylic acid groups (broad SMARTS) is 1. The van der Waals surface area contributed by atoms with Gasteiger partial charge in [-0.25, -0.2) is 9.59 Å². The van der Waals surface area contributed by atoms with Gasteiger partial charge in [-0.05, 0) is 72.8 Å². The first-order valence-corrected chi connectivity index (χ1v) is 17.4. The van der Waals surface area contributed by atoms with E-state index < -0.39 is 23.8 Å². The minimum absolute atomic E-state index is 0. The van der Waals surface area contributed by atoms with Gasteiger partial charge in [0, 0.05) is 11.1 Å². The fourth-order valence-electron chi connectivity index (χ4n) is 3.80. The van der Waals surface area contributed by atoms with Crippen LogP contribution in [0.15, 0.2) is 72.8 Å². The van der Waals surface area contributed by atoms with Crippen LogP contribution in [0.1, 0.15) is 50.3 Å². The summed E-state index contributed by atoms with van der Waals surface area (Å²) in [5, 5.41) is 20.7. The number of carboxylic acids is 1. The summed E-state index contributed by atoms with van der Waals surface area (Å²) in [6, 6.07) is 18.6. The van der Waals surface area contributed by atoms with Gasteiger partial charge in [-0.2, -0.15) is 0 Å². The summed E-state index contributed by atoms with van der Waals surface area (Å²) in [5.74, 6) is 4.28. The molecule has 0 aromatic heterocycles. The third kappa shape index (κ3) is 31.6. The molecule has 0 unspecified atom stereocenters. The first kappa shape index (κ1) is 75.3. The number of methoxy groups -OCH3 is 5. The Morgan fingerprint density at radius 2 is 1.03 bits per heavy atom. The molecule has 0 aliphatic heterocycles. The summed E-state index contributed by atoms with van der Waals surface area (Å²) >= 11 is 3.01. The SMILES string of the molecule is C.C#CCBr.C#CCNc1ccc(C(N)=O)cc1OC.COC(=O)c1ccc(N)c(OC)c1.COc1cc(C(=O)O)ccc1N.COc1cc(C(N)=O)ccc1N.O=CO[O-].[H-].[K+].[K+].[Li+].[OH-]. The van der Waals surface area contributed by atoms with Crippen molar-refractivity contribution in [2.75, 3.05) is 69.9 Å². The van der Waals surface area contributed by atoms with E-state index in [9.17, 15) is 19.2 Å². The van der Waals surface area contributed by atoms with E-state index in [2.05, 4.69) is 42.7 Å². The average Bonchev–Trinajstić information content (AvgIpc) is 3.26. The first-order valence-electron chi connectivity index (χ1n) is 16.3. The fraction of sp³-hybridized carbons (Fsp3) is 0.195. The van der Waals surface area contributed by atoms with Gasteiger partial charge in [0.05, 0.1) is 81.3 Å². The van der Waals surface area contributed by atoms with Crippen LogP contribution >= 0.6 is 15.9 Å². The van der Waals surface area contributed by atoms with E-state index in [4.69, 9.17) is 75.6 Å². The van der Waals surface area contributed by atoms with Crippen molar-refractivity contribution in [2.45, 2.75) is 7.43 Å². The quantitative estimate of drug-likeness (QED) is 0.0108. The molecule has 65 heavy (non-hydrogen) atoms. The molecule has 24 heteroatoms. The minimum atomic E-state index is -0.992. The van der Waals surface area contributed by atoms with Gasteiger partial charge in [0.15, 0.2) is 0 Å². The van der Waals surface area contributed by atoms with Gasteiger partial charge in [0.1, 0.15) is 23.0 Å². The van der Waals surface area contributed by atoms with E-state index in [1.165, 1.54) is 59.8 Å². The van der Waals surface area contributed by atoms with E-state index in [-0.39, 0.29) is 148 Å².